The Hall–Kier alpha value is -0.720. The molecule has 1 heterocycles. The minimum atomic E-state index is -0.324. The van der Waals surface area contributed by atoms with Gasteiger partial charge in [0, 0.05) is 11.9 Å². The molecule has 7 heteroatoms. The number of aromatic nitrogens is 2. The van der Waals surface area contributed by atoms with E-state index in [1.165, 1.54) is 12.3 Å². The molecule has 0 saturated heterocycles. The third-order valence-electron chi connectivity index (χ3n) is 1.90. The van der Waals surface area contributed by atoms with Crippen LogP contribution in [0.4, 0.5) is 15.9 Å². The van der Waals surface area contributed by atoms with Crippen molar-refractivity contribution >= 4 is 55.0 Å². The van der Waals surface area contributed by atoms with E-state index < -0.39 is 0 Å². The molecule has 88 valence electrons. The molecule has 2 rings (SSSR count). The Morgan fingerprint density at radius 2 is 2.00 bits per heavy atom. The molecule has 17 heavy (non-hydrogen) atoms. The van der Waals surface area contributed by atoms with Crippen LogP contribution in [0, 0.1) is 5.82 Å². The second-order valence-corrected chi connectivity index (χ2v) is 5.14. The van der Waals surface area contributed by atoms with Crippen molar-refractivity contribution in [1.29, 1.82) is 0 Å². The van der Waals surface area contributed by atoms with Crippen LogP contribution in [-0.2, 0) is 0 Å². The quantitative estimate of drug-likeness (QED) is 0.777. The first-order valence-corrected chi connectivity index (χ1v) is 6.43. The molecule has 0 atom stereocenters. The fraction of sp³-hybridized carbons (Fsp3) is 0. The average molecular weight is 381 g/mol. The van der Waals surface area contributed by atoms with Gasteiger partial charge in [0.15, 0.2) is 0 Å². The highest BCUT2D eigenvalue weighted by atomic mass is 79.9. The van der Waals surface area contributed by atoms with Crippen molar-refractivity contribution in [3.8, 4) is 0 Å². The molecule has 1 aromatic heterocycles. The van der Waals surface area contributed by atoms with E-state index in [0.717, 1.165) is 0 Å². The molecule has 0 bridgehead atoms. The van der Waals surface area contributed by atoms with Gasteiger partial charge in [-0.2, -0.15) is 4.98 Å². The average Bonchev–Trinajstić information content (AvgIpc) is 2.29. The summed E-state index contributed by atoms with van der Waals surface area (Å²) in [5.74, 6) is 0.193. The maximum atomic E-state index is 13.1. The summed E-state index contributed by atoms with van der Waals surface area (Å²) in [6.07, 6.45) is 1.54. The zero-order chi connectivity index (χ0) is 12.4. The summed E-state index contributed by atoms with van der Waals surface area (Å²) in [6, 6.07) is 4.56. The Morgan fingerprint density at radius 3 is 2.71 bits per heavy atom. The molecule has 0 aliphatic heterocycles. The predicted octanol–water partition coefficient (Wildman–Crippen LogP) is 4.54. The highest BCUT2D eigenvalue weighted by molar-refractivity contribution is 9.10. The maximum absolute atomic E-state index is 13.1. The first kappa shape index (κ1) is 12.7. The third kappa shape index (κ3) is 3.14. The normalized spacial score (nSPS) is 10.4. The molecule has 1 aromatic carbocycles. The van der Waals surface area contributed by atoms with Gasteiger partial charge in [0.2, 0.25) is 5.28 Å². The molecule has 0 aliphatic rings. The largest absolute Gasteiger partial charge is 0.339 e. The Morgan fingerprint density at radius 1 is 1.24 bits per heavy atom. The summed E-state index contributed by atoms with van der Waals surface area (Å²) in [4.78, 5) is 7.82. The Balaban J connectivity index is 2.31. The van der Waals surface area contributed by atoms with Gasteiger partial charge in [-0.15, -0.1) is 0 Å². The molecule has 0 radical (unpaired) electrons. The first-order valence-electron chi connectivity index (χ1n) is 4.46. The molecule has 2 aromatic rings. The van der Waals surface area contributed by atoms with Crippen molar-refractivity contribution in [3.63, 3.8) is 0 Å². The summed E-state index contributed by atoms with van der Waals surface area (Å²) in [7, 11) is 0. The lowest BCUT2D eigenvalue weighted by Crippen LogP contribution is -1.96. The summed E-state index contributed by atoms with van der Waals surface area (Å²) >= 11 is 12.1. The molecule has 3 nitrogen and oxygen atoms in total. The second kappa shape index (κ2) is 5.29. The van der Waals surface area contributed by atoms with Crippen LogP contribution in [0.5, 0.6) is 0 Å². The van der Waals surface area contributed by atoms with Crippen LogP contribution >= 0.6 is 43.5 Å². The molecule has 0 fully saturated rings. The van der Waals surface area contributed by atoms with Gasteiger partial charge in [0.1, 0.15) is 11.6 Å². The van der Waals surface area contributed by atoms with Crippen molar-refractivity contribution in [1.82, 2.24) is 9.97 Å². The van der Waals surface area contributed by atoms with Gasteiger partial charge < -0.3 is 5.32 Å². The molecular weight excluding hydrogens is 376 g/mol. The van der Waals surface area contributed by atoms with Crippen molar-refractivity contribution in [2.45, 2.75) is 0 Å². The molecule has 0 unspecified atom stereocenters. The van der Waals surface area contributed by atoms with Crippen molar-refractivity contribution < 1.29 is 4.39 Å². The van der Waals surface area contributed by atoms with Crippen molar-refractivity contribution in [2.24, 2.45) is 0 Å². The highest BCUT2D eigenvalue weighted by Crippen LogP contribution is 2.26. The van der Waals surface area contributed by atoms with Crippen LogP contribution in [0.15, 0.2) is 33.3 Å². The number of hydrogen-bond acceptors (Lipinski definition) is 3. The van der Waals surface area contributed by atoms with E-state index >= 15 is 0 Å². The molecule has 0 spiro atoms. The van der Waals surface area contributed by atoms with E-state index in [-0.39, 0.29) is 11.1 Å². The monoisotopic (exact) mass is 379 g/mol. The van der Waals surface area contributed by atoms with E-state index in [9.17, 15) is 4.39 Å². The van der Waals surface area contributed by atoms with E-state index in [1.54, 1.807) is 12.1 Å². The SMILES string of the molecule is Fc1ccc(Nc2nc(Cl)ncc2Br)cc1Br. The summed E-state index contributed by atoms with van der Waals surface area (Å²) < 4.78 is 14.1. The van der Waals surface area contributed by atoms with Gasteiger partial charge in [0.05, 0.1) is 8.95 Å². The fourth-order valence-electron chi connectivity index (χ4n) is 1.14. The molecular formula is C10H5Br2ClFN3. The van der Waals surface area contributed by atoms with E-state index in [2.05, 4.69) is 47.1 Å². The number of halogens is 4. The summed E-state index contributed by atoms with van der Waals surface area (Å²) in [5.41, 5.74) is 0.689. The van der Waals surface area contributed by atoms with Crippen LogP contribution < -0.4 is 5.32 Å². The fourth-order valence-corrected chi connectivity index (χ4v) is 1.95. The lowest BCUT2D eigenvalue weighted by atomic mass is 10.3. The Kier molecular flexibility index (Phi) is 3.96. The standard InChI is InChI=1S/C10H5Br2ClFN3/c11-6-3-5(1-2-8(6)14)16-9-7(12)4-15-10(13)17-9/h1-4H,(H,15,16,17). The number of rotatable bonds is 2. The van der Waals surface area contributed by atoms with Crippen LogP contribution in [-0.4, -0.2) is 9.97 Å². The zero-order valence-electron chi connectivity index (χ0n) is 8.22. The maximum Gasteiger partial charge on any atom is 0.224 e. The Bertz CT molecular complexity index is 565. The Labute approximate surface area is 119 Å². The first-order chi connectivity index (χ1) is 8.06. The third-order valence-corrected chi connectivity index (χ3v) is 3.27. The number of nitrogens with one attached hydrogen (secondary N) is 1. The van der Waals surface area contributed by atoms with Gasteiger partial charge in [-0.25, -0.2) is 9.37 Å². The van der Waals surface area contributed by atoms with E-state index in [1.807, 2.05) is 0 Å². The predicted molar refractivity (Wildman–Crippen MR) is 72.1 cm³/mol. The minimum absolute atomic E-state index is 0.136. The van der Waals surface area contributed by atoms with Gasteiger partial charge in [0.25, 0.3) is 0 Å². The lowest BCUT2D eigenvalue weighted by Gasteiger charge is -2.08. The number of hydrogen-bond donors (Lipinski definition) is 1. The molecule has 1 N–H and O–H groups in total. The second-order valence-electron chi connectivity index (χ2n) is 3.09. The summed E-state index contributed by atoms with van der Waals surface area (Å²) in [5, 5.41) is 3.14. The number of nitrogens with zero attached hydrogens (tertiary/aromatic N) is 2. The van der Waals surface area contributed by atoms with Crippen LogP contribution in [0.3, 0.4) is 0 Å². The lowest BCUT2D eigenvalue weighted by molar-refractivity contribution is 0.621. The van der Waals surface area contributed by atoms with E-state index in [0.29, 0.717) is 20.5 Å². The number of anilines is 2. The van der Waals surface area contributed by atoms with Crippen LogP contribution in [0.1, 0.15) is 0 Å². The van der Waals surface area contributed by atoms with Crippen LogP contribution in [0.25, 0.3) is 0 Å². The topological polar surface area (TPSA) is 37.8 Å². The zero-order valence-corrected chi connectivity index (χ0v) is 12.1. The molecule has 0 amide bonds. The van der Waals surface area contributed by atoms with E-state index in [4.69, 9.17) is 11.6 Å². The van der Waals surface area contributed by atoms with Crippen molar-refractivity contribution in [3.05, 3.63) is 44.4 Å². The van der Waals surface area contributed by atoms with Crippen LogP contribution in [0.2, 0.25) is 5.28 Å². The number of benzene rings is 1. The molecule has 0 saturated carbocycles. The van der Waals surface area contributed by atoms with Gasteiger partial charge in [-0.1, -0.05) is 0 Å². The smallest absolute Gasteiger partial charge is 0.224 e. The van der Waals surface area contributed by atoms with Gasteiger partial charge in [-0.3, -0.25) is 0 Å². The minimum Gasteiger partial charge on any atom is -0.339 e. The van der Waals surface area contributed by atoms with Gasteiger partial charge in [-0.05, 0) is 61.7 Å². The van der Waals surface area contributed by atoms with Crippen molar-refractivity contribution in [2.75, 3.05) is 5.32 Å². The molecule has 0 aliphatic carbocycles. The summed E-state index contributed by atoms with van der Waals surface area (Å²) in [6.45, 7) is 0. The van der Waals surface area contributed by atoms with Gasteiger partial charge >= 0.3 is 0 Å². The highest BCUT2D eigenvalue weighted by Gasteiger charge is 2.06.